The Morgan fingerprint density at radius 1 is 1.20 bits per heavy atom. The van der Waals surface area contributed by atoms with E-state index in [-0.39, 0.29) is 5.56 Å². The third kappa shape index (κ3) is 3.04. The zero-order valence-corrected chi connectivity index (χ0v) is 15.0. The highest BCUT2D eigenvalue weighted by Crippen LogP contribution is 2.32. The lowest BCUT2D eigenvalue weighted by atomic mass is 10.2. The van der Waals surface area contributed by atoms with Gasteiger partial charge in [0.05, 0.1) is 24.1 Å². The molecule has 0 fully saturated rings. The van der Waals surface area contributed by atoms with Crippen molar-refractivity contribution in [3.63, 3.8) is 0 Å². The second-order valence-electron chi connectivity index (χ2n) is 5.28. The van der Waals surface area contributed by atoms with Gasteiger partial charge in [-0.3, -0.25) is 9.36 Å². The van der Waals surface area contributed by atoms with Gasteiger partial charge in [0.1, 0.15) is 16.2 Å². The molecule has 0 spiro atoms. The summed E-state index contributed by atoms with van der Waals surface area (Å²) >= 11 is 2.94. The van der Waals surface area contributed by atoms with Gasteiger partial charge in [-0.2, -0.15) is 0 Å². The van der Waals surface area contributed by atoms with Crippen molar-refractivity contribution in [3.05, 3.63) is 52.4 Å². The molecule has 1 aromatic carbocycles. The van der Waals surface area contributed by atoms with Gasteiger partial charge in [-0.15, -0.1) is 11.3 Å². The number of nitrogens with zero attached hydrogens (tertiary/aromatic N) is 4. The van der Waals surface area contributed by atoms with Crippen molar-refractivity contribution in [2.45, 2.75) is 16.7 Å². The van der Waals surface area contributed by atoms with Crippen molar-refractivity contribution < 1.29 is 4.74 Å². The van der Waals surface area contributed by atoms with Crippen LogP contribution in [0.3, 0.4) is 0 Å². The second kappa shape index (κ2) is 6.91. The minimum atomic E-state index is -0.0687. The largest absolute Gasteiger partial charge is 0.383 e. The highest BCUT2D eigenvalue weighted by Gasteiger charge is 2.15. The molecule has 126 valence electrons. The number of benzene rings is 1. The summed E-state index contributed by atoms with van der Waals surface area (Å²) in [6, 6.07) is 9.36. The third-order valence-electron chi connectivity index (χ3n) is 3.76. The van der Waals surface area contributed by atoms with Gasteiger partial charge < -0.3 is 4.74 Å². The van der Waals surface area contributed by atoms with Crippen LogP contribution < -0.4 is 5.56 Å². The molecule has 6 nitrogen and oxygen atoms in total. The summed E-state index contributed by atoms with van der Waals surface area (Å²) < 4.78 is 6.80. The average molecular weight is 370 g/mol. The van der Waals surface area contributed by atoms with Crippen LogP contribution in [0.25, 0.3) is 21.1 Å². The fourth-order valence-electron chi connectivity index (χ4n) is 2.54. The van der Waals surface area contributed by atoms with Crippen molar-refractivity contribution >= 4 is 44.2 Å². The lowest BCUT2D eigenvalue weighted by molar-refractivity contribution is 0.183. The van der Waals surface area contributed by atoms with Crippen LogP contribution in [0.1, 0.15) is 0 Å². The molecule has 0 saturated heterocycles. The monoisotopic (exact) mass is 370 g/mol. The van der Waals surface area contributed by atoms with Crippen molar-refractivity contribution in [2.24, 2.45) is 0 Å². The molecule has 0 bridgehead atoms. The summed E-state index contributed by atoms with van der Waals surface area (Å²) in [5, 5.41) is 4.95. The maximum atomic E-state index is 12.9. The van der Waals surface area contributed by atoms with E-state index in [4.69, 9.17) is 4.74 Å². The summed E-state index contributed by atoms with van der Waals surface area (Å²) in [4.78, 5) is 27.1. The quantitative estimate of drug-likeness (QED) is 0.397. The topological polar surface area (TPSA) is 69.9 Å². The van der Waals surface area contributed by atoms with Crippen LogP contribution in [-0.4, -0.2) is 33.2 Å². The summed E-state index contributed by atoms with van der Waals surface area (Å²) in [5.74, 6) is 0. The van der Waals surface area contributed by atoms with E-state index in [1.807, 2.05) is 29.6 Å². The first-order valence-corrected chi connectivity index (χ1v) is 9.32. The van der Waals surface area contributed by atoms with Gasteiger partial charge in [0.25, 0.3) is 5.56 Å². The number of para-hydroxylation sites is 1. The molecule has 25 heavy (non-hydrogen) atoms. The number of methoxy groups -OCH3 is 1. The second-order valence-corrected chi connectivity index (χ2v) is 7.13. The first-order valence-electron chi connectivity index (χ1n) is 7.62. The van der Waals surface area contributed by atoms with E-state index in [1.54, 1.807) is 35.4 Å². The molecular formula is C17H14N4O2S2. The molecule has 0 N–H and O–H groups in total. The predicted octanol–water partition coefficient (Wildman–Crippen LogP) is 3.20. The molecule has 0 aliphatic carbocycles. The van der Waals surface area contributed by atoms with E-state index in [9.17, 15) is 4.79 Å². The van der Waals surface area contributed by atoms with Crippen molar-refractivity contribution in [3.8, 4) is 0 Å². The number of aromatic nitrogens is 4. The van der Waals surface area contributed by atoms with Gasteiger partial charge in [0.15, 0.2) is 5.16 Å². The van der Waals surface area contributed by atoms with E-state index in [0.717, 1.165) is 15.2 Å². The fourth-order valence-corrected chi connectivity index (χ4v) is 4.31. The number of hydrogen-bond donors (Lipinski definition) is 0. The Kier molecular flexibility index (Phi) is 4.48. The van der Waals surface area contributed by atoms with Gasteiger partial charge in [-0.05, 0) is 35.3 Å². The van der Waals surface area contributed by atoms with Crippen molar-refractivity contribution in [1.29, 1.82) is 0 Å². The molecule has 0 atom stereocenters. The molecule has 3 heterocycles. The first kappa shape index (κ1) is 16.2. The summed E-state index contributed by atoms with van der Waals surface area (Å²) in [6.45, 7) is 0.873. The van der Waals surface area contributed by atoms with Crippen LogP contribution in [0, 0.1) is 0 Å². The minimum absolute atomic E-state index is 0.0687. The van der Waals surface area contributed by atoms with Gasteiger partial charge in [0, 0.05) is 12.5 Å². The summed E-state index contributed by atoms with van der Waals surface area (Å²) in [7, 11) is 1.62. The first-order chi connectivity index (χ1) is 12.3. The summed E-state index contributed by atoms with van der Waals surface area (Å²) in [6.07, 6.45) is 1.54. The van der Waals surface area contributed by atoms with E-state index in [1.165, 1.54) is 11.8 Å². The Bertz CT molecular complexity index is 1110. The van der Waals surface area contributed by atoms with Crippen LogP contribution in [0.15, 0.2) is 57.0 Å². The Morgan fingerprint density at radius 3 is 2.96 bits per heavy atom. The summed E-state index contributed by atoms with van der Waals surface area (Å²) in [5.41, 5.74) is 0.611. The van der Waals surface area contributed by atoms with Crippen LogP contribution in [-0.2, 0) is 11.3 Å². The number of fused-ring (bicyclic) bond motifs is 2. The molecule has 8 heteroatoms. The maximum Gasteiger partial charge on any atom is 0.262 e. The number of thiophene rings is 1. The Hall–Kier alpha value is -2.29. The van der Waals surface area contributed by atoms with Crippen LogP contribution in [0.2, 0.25) is 0 Å². The lowest BCUT2D eigenvalue weighted by Gasteiger charge is -2.12. The van der Waals surface area contributed by atoms with Crippen LogP contribution in [0.4, 0.5) is 0 Å². The van der Waals surface area contributed by atoms with Crippen LogP contribution >= 0.6 is 23.1 Å². The van der Waals surface area contributed by atoms with E-state index < -0.39 is 0 Å². The highest BCUT2D eigenvalue weighted by molar-refractivity contribution is 7.99. The molecular weight excluding hydrogens is 356 g/mol. The van der Waals surface area contributed by atoms with Crippen molar-refractivity contribution in [2.75, 3.05) is 13.7 Å². The lowest BCUT2D eigenvalue weighted by Crippen LogP contribution is -2.25. The molecule has 3 aromatic heterocycles. The van der Waals surface area contributed by atoms with E-state index in [0.29, 0.717) is 29.2 Å². The Balaban J connectivity index is 1.87. The predicted molar refractivity (Wildman–Crippen MR) is 99.4 cm³/mol. The van der Waals surface area contributed by atoms with Gasteiger partial charge in [-0.1, -0.05) is 12.1 Å². The Morgan fingerprint density at radius 2 is 2.08 bits per heavy atom. The van der Waals surface area contributed by atoms with E-state index in [2.05, 4.69) is 15.0 Å². The zero-order chi connectivity index (χ0) is 17.2. The zero-order valence-electron chi connectivity index (χ0n) is 13.4. The molecule has 4 rings (SSSR count). The molecule has 4 aromatic rings. The van der Waals surface area contributed by atoms with Crippen LogP contribution in [0.5, 0.6) is 0 Å². The molecule has 0 amide bonds. The van der Waals surface area contributed by atoms with Gasteiger partial charge >= 0.3 is 0 Å². The SMILES string of the molecule is COCCn1c(Sc2ncnc3sccc23)nc2ccccc2c1=O. The third-order valence-corrected chi connectivity index (χ3v) is 5.59. The number of rotatable bonds is 5. The number of ether oxygens (including phenoxy) is 1. The standard InChI is InChI=1S/C17H14N4O2S2/c1-23-8-7-21-16(22)11-4-2-3-5-13(11)20-17(21)25-15-12-6-9-24-14(12)18-10-19-15/h2-6,9-10H,7-8H2,1H3. The average Bonchev–Trinajstić information content (AvgIpc) is 3.11. The Labute approximate surface area is 151 Å². The fraction of sp³-hybridized carbons (Fsp3) is 0.176. The smallest absolute Gasteiger partial charge is 0.262 e. The highest BCUT2D eigenvalue weighted by atomic mass is 32.2. The molecule has 0 radical (unpaired) electrons. The molecule has 0 unspecified atom stereocenters. The van der Waals surface area contributed by atoms with Gasteiger partial charge in [0.2, 0.25) is 0 Å². The van der Waals surface area contributed by atoms with Crippen molar-refractivity contribution in [1.82, 2.24) is 19.5 Å². The van der Waals surface area contributed by atoms with E-state index >= 15 is 0 Å². The van der Waals surface area contributed by atoms with Gasteiger partial charge in [-0.25, -0.2) is 15.0 Å². The normalized spacial score (nSPS) is 11.4. The molecule has 0 aliphatic heterocycles. The molecule has 0 aliphatic rings. The minimum Gasteiger partial charge on any atom is -0.383 e. The molecule has 0 saturated carbocycles. The maximum absolute atomic E-state index is 12.9. The number of hydrogen-bond acceptors (Lipinski definition) is 7.